The first-order valence-corrected chi connectivity index (χ1v) is 8.66. The van der Waals surface area contributed by atoms with Gasteiger partial charge >= 0.3 is 0 Å². The van der Waals surface area contributed by atoms with E-state index in [1.54, 1.807) is 31.2 Å². The van der Waals surface area contributed by atoms with Crippen molar-refractivity contribution in [3.8, 4) is 11.5 Å². The van der Waals surface area contributed by atoms with Crippen LogP contribution in [0, 0.1) is 13.8 Å². The van der Waals surface area contributed by atoms with Crippen LogP contribution in [-0.2, 0) is 10.0 Å². The summed E-state index contributed by atoms with van der Waals surface area (Å²) in [5.41, 5.74) is 1.81. The standard InChI is InChI=1S/C16H18ClNO4S/c1-10-5-6-13(12(17)7-10)18-23(19,20)16-9-15(22-4)14(21-3)8-11(16)2/h5-9,18H,1-4H3. The van der Waals surface area contributed by atoms with Crippen LogP contribution in [0.25, 0.3) is 0 Å². The van der Waals surface area contributed by atoms with E-state index < -0.39 is 10.0 Å². The van der Waals surface area contributed by atoms with E-state index in [-0.39, 0.29) is 4.90 Å². The van der Waals surface area contributed by atoms with Crippen molar-refractivity contribution in [1.29, 1.82) is 0 Å². The zero-order valence-corrected chi connectivity index (χ0v) is 14.9. The number of methoxy groups -OCH3 is 2. The van der Waals surface area contributed by atoms with Crippen LogP contribution in [0.4, 0.5) is 5.69 Å². The molecule has 0 aliphatic carbocycles. The Morgan fingerprint density at radius 3 is 2.17 bits per heavy atom. The highest BCUT2D eigenvalue weighted by atomic mass is 35.5. The third-order valence-corrected chi connectivity index (χ3v) is 5.16. The van der Waals surface area contributed by atoms with Crippen LogP contribution in [0.1, 0.15) is 11.1 Å². The van der Waals surface area contributed by atoms with Crippen LogP contribution >= 0.6 is 11.6 Å². The molecule has 7 heteroatoms. The van der Waals surface area contributed by atoms with E-state index in [4.69, 9.17) is 21.1 Å². The fraction of sp³-hybridized carbons (Fsp3) is 0.250. The van der Waals surface area contributed by atoms with E-state index >= 15 is 0 Å². The molecule has 0 aliphatic heterocycles. The molecule has 0 radical (unpaired) electrons. The van der Waals surface area contributed by atoms with Crippen LogP contribution in [0.3, 0.4) is 0 Å². The van der Waals surface area contributed by atoms with E-state index in [1.807, 2.05) is 6.92 Å². The number of hydrogen-bond donors (Lipinski definition) is 1. The summed E-state index contributed by atoms with van der Waals surface area (Å²) in [6, 6.07) is 8.15. The number of nitrogens with one attached hydrogen (secondary N) is 1. The van der Waals surface area contributed by atoms with Gasteiger partial charge in [-0.15, -0.1) is 0 Å². The lowest BCUT2D eigenvalue weighted by Gasteiger charge is -2.15. The molecule has 2 aromatic carbocycles. The molecule has 0 saturated heterocycles. The van der Waals surface area contributed by atoms with Gasteiger partial charge in [0.25, 0.3) is 10.0 Å². The quantitative estimate of drug-likeness (QED) is 0.886. The second kappa shape index (κ2) is 6.68. The first-order valence-electron chi connectivity index (χ1n) is 6.80. The van der Waals surface area contributed by atoms with Crippen LogP contribution < -0.4 is 14.2 Å². The first kappa shape index (κ1) is 17.4. The average molecular weight is 356 g/mol. The molecule has 0 heterocycles. The van der Waals surface area contributed by atoms with E-state index in [0.717, 1.165) is 5.56 Å². The molecule has 0 unspecified atom stereocenters. The van der Waals surface area contributed by atoms with E-state index in [9.17, 15) is 8.42 Å². The number of benzene rings is 2. The molecule has 0 aliphatic rings. The van der Waals surface area contributed by atoms with Crippen molar-refractivity contribution in [1.82, 2.24) is 0 Å². The van der Waals surface area contributed by atoms with Crippen molar-refractivity contribution in [2.75, 3.05) is 18.9 Å². The van der Waals surface area contributed by atoms with Gasteiger partial charge < -0.3 is 9.47 Å². The normalized spacial score (nSPS) is 11.2. The number of sulfonamides is 1. The lowest BCUT2D eigenvalue weighted by Crippen LogP contribution is -2.15. The molecule has 0 aromatic heterocycles. The Balaban J connectivity index is 2.47. The number of rotatable bonds is 5. The minimum Gasteiger partial charge on any atom is -0.493 e. The van der Waals surface area contributed by atoms with Crippen LogP contribution in [-0.4, -0.2) is 22.6 Å². The van der Waals surface area contributed by atoms with Crippen LogP contribution in [0.5, 0.6) is 11.5 Å². The van der Waals surface area contributed by atoms with Crippen LogP contribution in [0.2, 0.25) is 5.02 Å². The molecule has 0 amide bonds. The minimum absolute atomic E-state index is 0.104. The maximum Gasteiger partial charge on any atom is 0.262 e. The van der Waals surface area contributed by atoms with E-state index in [0.29, 0.717) is 27.8 Å². The van der Waals surface area contributed by atoms with Crippen molar-refractivity contribution in [2.24, 2.45) is 0 Å². The molecule has 0 fully saturated rings. The molecule has 0 bridgehead atoms. The molecular formula is C16H18ClNO4S. The van der Waals surface area contributed by atoms with Gasteiger partial charge in [-0.2, -0.15) is 0 Å². The number of ether oxygens (including phenoxy) is 2. The Labute approximate surface area is 141 Å². The minimum atomic E-state index is -3.81. The Morgan fingerprint density at radius 1 is 1.00 bits per heavy atom. The van der Waals surface area contributed by atoms with Gasteiger partial charge in [-0.1, -0.05) is 17.7 Å². The first-order chi connectivity index (χ1) is 10.8. The Morgan fingerprint density at radius 2 is 1.61 bits per heavy atom. The molecule has 2 rings (SSSR count). The summed E-state index contributed by atoms with van der Waals surface area (Å²) in [7, 11) is -0.859. The van der Waals surface area contributed by atoms with Gasteiger partial charge in [-0.3, -0.25) is 4.72 Å². The molecule has 124 valence electrons. The number of aryl methyl sites for hydroxylation is 2. The summed E-state index contributed by atoms with van der Waals surface area (Å²) < 4.78 is 38.2. The highest BCUT2D eigenvalue weighted by molar-refractivity contribution is 7.92. The molecule has 0 saturated carbocycles. The van der Waals surface area contributed by atoms with Gasteiger partial charge in [0, 0.05) is 6.07 Å². The van der Waals surface area contributed by atoms with Gasteiger partial charge in [0.15, 0.2) is 11.5 Å². The Kier molecular flexibility index (Phi) is 5.06. The molecular weight excluding hydrogens is 338 g/mol. The predicted molar refractivity (Wildman–Crippen MR) is 91.3 cm³/mol. The monoisotopic (exact) mass is 355 g/mol. The largest absolute Gasteiger partial charge is 0.493 e. The zero-order valence-electron chi connectivity index (χ0n) is 13.3. The molecule has 2 aromatic rings. The number of hydrogen-bond acceptors (Lipinski definition) is 4. The van der Waals surface area contributed by atoms with Gasteiger partial charge in [0.05, 0.1) is 29.8 Å². The average Bonchev–Trinajstić information content (AvgIpc) is 2.49. The summed E-state index contributed by atoms with van der Waals surface area (Å²) in [5.74, 6) is 0.811. The second-order valence-corrected chi connectivity index (χ2v) is 7.12. The summed E-state index contributed by atoms with van der Waals surface area (Å²) >= 11 is 6.10. The second-order valence-electron chi connectivity index (χ2n) is 5.06. The fourth-order valence-corrected chi connectivity index (χ4v) is 3.81. The van der Waals surface area contributed by atoms with Gasteiger partial charge in [0.2, 0.25) is 0 Å². The number of halogens is 1. The highest BCUT2D eigenvalue weighted by Crippen LogP contribution is 2.34. The maximum absolute atomic E-state index is 12.7. The molecule has 1 N–H and O–H groups in total. The Bertz CT molecular complexity index is 834. The molecule has 23 heavy (non-hydrogen) atoms. The summed E-state index contributed by atoms with van der Waals surface area (Å²) in [6.07, 6.45) is 0. The van der Waals surface area contributed by atoms with Crippen molar-refractivity contribution in [3.05, 3.63) is 46.5 Å². The number of anilines is 1. The van der Waals surface area contributed by atoms with Crippen molar-refractivity contribution < 1.29 is 17.9 Å². The van der Waals surface area contributed by atoms with Crippen molar-refractivity contribution >= 4 is 27.3 Å². The van der Waals surface area contributed by atoms with Crippen molar-refractivity contribution in [3.63, 3.8) is 0 Å². The van der Waals surface area contributed by atoms with Crippen LogP contribution in [0.15, 0.2) is 35.2 Å². The molecule has 0 spiro atoms. The topological polar surface area (TPSA) is 64.6 Å². The molecule has 0 atom stereocenters. The summed E-state index contributed by atoms with van der Waals surface area (Å²) in [5, 5.41) is 0.340. The lowest BCUT2D eigenvalue weighted by atomic mass is 10.2. The van der Waals surface area contributed by atoms with Gasteiger partial charge in [0.1, 0.15) is 0 Å². The lowest BCUT2D eigenvalue weighted by molar-refractivity contribution is 0.353. The zero-order chi connectivity index (χ0) is 17.2. The van der Waals surface area contributed by atoms with Gasteiger partial charge in [-0.05, 0) is 43.2 Å². The third-order valence-electron chi connectivity index (χ3n) is 3.34. The fourth-order valence-electron chi connectivity index (χ4n) is 2.15. The molecule has 5 nitrogen and oxygen atoms in total. The van der Waals surface area contributed by atoms with E-state index in [2.05, 4.69) is 4.72 Å². The summed E-state index contributed by atoms with van der Waals surface area (Å²) in [6.45, 7) is 3.57. The van der Waals surface area contributed by atoms with Gasteiger partial charge in [-0.25, -0.2) is 8.42 Å². The predicted octanol–water partition coefficient (Wildman–Crippen LogP) is 3.77. The van der Waals surface area contributed by atoms with Crippen molar-refractivity contribution in [2.45, 2.75) is 18.7 Å². The SMILES string of the molecule is COc1cc(C)c(S(=O)(=O)Nc2ccc(C)cc2Cl)cc1OC. The summed E-state index contributed by atoms with van der Waals surface area (Å²) in [4.78, 5) is 0.104. The smallest absolute Gasteiger partial charge is 0.262 e. The van der Waals surface area contributed by atoms with E-state index in [1.165, 1.54) is 20.3 Å². The third kappa shape index (κ3) is 3.71. The Hall–Kier alpha value is -1.92. The highest BCUT2D eigenvalue weighted by Gasteiger charge is 2.21. The maximum atomic E-state index is 12.7.